The third-order valence-corrected chi connectivity index (χ3v) is 7.29. The highest BCUT2D eigenvalue weighted by molar-refractivity contribution is 7.99. The van der Waals surface area contributed by atoms with Crippen molar-refractivity contribution in [2.75, 3.05) is 33.5 Å². The smallest absolute Gasteiger partial charge is 0.312 e. The summed E-state index contributed by atoms with van der Waals surface area (Å²) >= 11 is 1.40. The minimum absolute atomic E-state index is 0. The van der Waals surface area contributed by atoms with Crippen molar-refractivity contribution in [3.63, 3.8) is 0 Å². The van der Waals surface area contributed by atoms with Gasteiger partial charge in [-0.05, 0) is 43.7 Å². The molecular weight excluding hydrogens is 557 g/mol. The van der Waals surface area contributed by atoms with Crippen LogP contribution >= 0.6 is 24.2 Å². The summed E-state index contributed by atoms with van der Waals surface area (Å²) < 4.78 is 33.2. The summed E-state index contributed by atoms with van der Waals surface area (Å²) in [5.74, 6) is -4.27. The minimum atomic E-state index is -0.912. The van der Waals surface area contributed by atoms with E-state index in [0.29, 0.717) is 17.7 Å². The number of ether oxygens (including phenoxy) is 4. The van der Waals surface area contributed by atoms with E-state index in [9.17, 15) is 28.7 Å². The molecule has 222 valence electrons. The van der Waals surface area contributed by atoms with Gasteiger partial charge < -0.3 is 34.6 Å². The maximum Gasteiger partial charge on any atom is 0.312 e. The first-order valence-corrected chi connectivity index (χ1v) is 13.3. The molecule has 2 saturated carbocycles. The van der Waals surface area contributed by atoms with Crippen LogP contribution in [0.3, 0.4) is 0 Å². The van der Waals surface area contributed by atoms with Gasteiger partial charge in [-0.3, -0.25) is 14.4 Å². The van der Waals surface area contributed by atoms with E-state index >= 15 is 0 Å². The first kappa shape index (κ1) is 36.8. The SMILES string of the molecule is CCC(=O)OCOC(=O)[C@@H]1[C@H]2[C@H](C(=O)OCOC)[C@H](CSc3ccc(F)c(C)c3)[C@@H](O)[C@@H]12.CCC=O.CN.Cl. The second-order valence-electron chi connectivity index (χ2n) is 8.48. The Bertz CT molecular complexity index is 939. The van der Waals surface area contributed by atoms with Gasteiger partial charge in [0.05, 0.1) is 17.9 Å². The quantitative estimate of drug-likeness (QED) is 0.168. The Balaban J connectivity index is 0.00000189. The zero-order chi connectivity index (χ0) is 28.8. The molecule has 2 aliphatic carbocycles. The van der Waals surface area contributed by atoms with E-state index in [1.165, 1.54) is 32.0 Å². The fourth-order valence-corrected chi connectivity index (χ4v) is 5.57. The van der Waals surface area contributed by atoms with E-state index in [1.54, 1.807) is 26.0 Å². The molecule has 13 heteroatoms. The van der Waals surface area contributed by atoms with E-state index in [4.69, 9.17) is 18.9 Å². The average Bonchev–Trinajstić information content (AvgIpc) is 3.60. The maximum atomic E-state index is 13.5. The molecule has 1 aromatic rings. The number of hydrogen-bond acceptors (Lipinski definition) is 11. The van der Waals surface area contributed by atoms with E-state index in [0.717, 1.165) is 11.2 Å². The van der Waals surface area contributed by atoms with E-state index in [-0.39, 0.29) is 31.4 Å². The molecular formula is C26H39ClFNO9S. The van der Waals surface area contributed by atoms with Crippen LogP contribution in [0, 0.1) is 42.3 Å². The van der Waals surface area contributed by atoms with Gasteiger partial charge in [-0.1, -0.05) is 13.8 Å². The molecule has 3 N–H and O–H groups in total. The number of esters is 3. The predicted molar refractivity (Wildman–Crippen MR) is 144 cm³/mol. The Morgan fingerprint density at radius 2 is 1.64 bits per heavy atom. The second kappa shape index (κ2) is 18.9. The number of aliphatic hydroxyl groups excluding tert-OH is 1. The van der Waals surface area contributed by atoms with Crippen molar-refractivity contribution in [3.05, 3.63) is 29.6 Å². The number of aliphatic hydroxyl groups is 1. The normalized spacial score (nSPS) is 23.8. The summed E-state index contributed by atoms with van der Waals surface area (Å²) in [5, 5.41) is 10.9. The molecule has 39 heavy (non-hydrogen) atoms. The van der Waals surface area contributed by atoms with Crippen molar-refractivity contribution < 1.29 is 47.6 Å². The third-order valence-electron chi connectivity index (χ3n) is 6.15. The van der Waals surface area contributed by atoms with Gasteiger partial charge in [0.15, 0.2) is 6.79 Å². The van der Waals surface area contributed by atoms with Crippen LogP contribution in [0.4, 0.5) is 4.39 Å². The number of carbonyl (C=O) groups excluding carboxylic acids is 4. The number of hydrogen-bond donors (Lipinski definition) is 2. The molecule has 0 saturated heterocycles. The van der Waals surface area contributed by atoms with Gasteiger partial charge in [0, 0.05) is 42.4 Å². The summed E-state index contributed by atoms with van der Waals surface area (Å²) in [7, 11) is 2.89. The molecule has 1 aromatic carbocycles. The number of benzene rings is 1. The van der Waals surface area contributed by atoms with Gasteiger partial charge in [0.25, 0.3) is 0 Å². The Labute approximate surface area is 238 Å². The number of halogens is 2. The molecule has 0 radical (unpaired) electrons. The zero-order valence-electron chi connectivity index (χ0n) is 22.8. The number of aldehydes is 1. The second-order valence-corrected chi connectivity index (χ2v) is 9.57. The number of methoxy groups -OCH3 is 1. The highest BCUT2D eigenvalue weighted by atomic mass is 35.5. The maximum absolute atomic E-state index is 13.5. The predicted octanol–water partition coefficient (Wildman–Crippen LogP) is 2.89. The Hall–Kier alpha value is -2.25. The highest BCUT2D eigenvalue weighted by Crippen LogP contribution is 2.64. The molecule has 0 amide bonds. The molecule has 3 rings (SSSR count). The highest BCUT2D eigenvalue weighted by Gasteiger charge is 2.72. The molecule has 0 bridgehead atoms. The van der Waals surface area contributed by atoms with Crippen LogP contribution in [-0.4, -0.2) is 68.9 Å². The molecule has 0 spiro atoms. The van der Waals surface area contributed by atoms with Gasteiger partial charge in [0.1, 0.15) is 12.1 Å². The molecule has 0 aromatic heterocycles. The largest absolute Gasteiger partial charge is 0.438 e. The summed E-state index contributed by atoms with van der Waals surface area (Å²) in [6.07, 6.45) is 0.760. The fraction of sp³-hybridized carbons (Fsp3) is 0.615. The number of nitrogens with two attached hydrogens (primary N) is 1. The molecule has 0 unspecified atom stereocenters. The van der Waals surface area contributed by atoms with Crippen molar-refractivity contribution in [1.82, 2.24) is 0 Å². The average molecular weight is 596 g/mol. The van der Waals surface area contributed by atoms with Crippen molar-refractivity contribution in [3.8, 4) is 0 Å². The molecule has 0 aliphatic heterocycles. The third kappa shape index (κ3) is 10.3. The molecule has 10 nitrogen and oxygen atoms in total. The van der Waals surface area contributed by atoms with Gasteiger partial charge in [0.2, 0.25) is 6.79 Å². The lowest BCUT2D eigenvalue weighted by Gasteiger charge is -2.25. The topological polar surface area (TPSA) is 151 Å². The van der Waals surface area contributed by atoms with Gasteiger partial charge in [-0.2, -0.15) is 0 Å². The van der Waals surface area contributed by atoms with Crippen LogP contribution in [0.25, 0.3) is 0 Å². The molecule has 2 aliphatic rings. The van der Waals surface area contributed by atoms with Crippen molar-refractivity contribution in [2.24, 2.45) is 35.3 Å². The number of fused-ring (bicyclic) bond motifs is 1. The molecule has 6 atom stereocenters. The first-order valence-electron chi connectivity index (χ1n) is 12.3. The van der Waals surface area contributed by atoms with E-state index in [1.807, 2.05) is 6.92 Å². The first-order chi connectivity index (χ1) is 18.2. The van der Waals surface area contributed by atoms with Crippen LogP contribution < -0.4 is 5.73 Å². The standard InChI is InChI=1S/C22H27FO8S.C3H6O.CH5N.ClH/c1-4-15(24)29-10-31-22(27)19-17-16(21(26)30-9-28-3)13(20(25)18(17)19)8-32-12-5-6-14(23)11(2)7-12;1-2-3-4;1-2;/h5-7,13,16-20,25H,4,8-10H2,1-3H3;3H,2H2,1H3;2H2,1H3;1H/t13-,16+,17-,18+,19+,20+;;;/m0.../s1. The van der Waals surface area contributed by atoms with E-state index < -0.39 is 60.4 Å². The van der Waals surface area contributed by atoms with Crippen molar-refractivity contribution in [2.45, 2.75) is 44.6 Å². The molecule has 0 heterocycles. The van der Waals surface area contributed by atoms with Gasteiger partial charge in [-0.25, -0.2) is 4.39 Å². The number of rotatable bonds is 11. The van der Waals surface area contributed by atoms with Gasteiger partial charge >= 0.3 is 17.9 Å². The van der Waals surface area contributed by atoms with E-state index in [2.05, 4.69) is 5.73 Å². The fourth-order valence-electron chi connectivity index (χ4n) is 4.36. The summed E-state index contributed by atoms with van der Waals surface area (Å²) in [6.45, 7) is 4.36. The number of aryl methyl sites for hydroxylation is 1. The van der Waals surface area contributed by atoms with Crippen LogP contribution in [0.5, 0.6) is 0 Å². The Kier molecular flexibility index (Phi) is 17.8. The summed E-state index contributed by atoms with van der Waals surface area (Å²) in [6, 6.07) is 4.73. The zero-order valence-corrected chi connectivity index (χ0v) is 24.4. The van der Waals surface area contributed by atoms with Crippen molar-refractivity contribution in [1.29, 1.82) is 0 Å². The summed E-state index contributed by atoms with van der Waals surface area (Å²) in [4.78, 5) is 46.3. The van der Waals surface area contributed by atoms with Gasteiger partial charge in [-0.15, -0.1) is 24.2 Å². The lowest BCUT2D eigenvalue weighted by atomic mass is 9.88. The van der Waals surface area contributed by atoms with Crippen LogP contribution in [-0.2, 0) is 38.1 Å². The Morgan fingerprint density at radius 1 is 1.05 bits per heavy atom. The number of carbonyl (C=O) groups is 4. The lowest BCUT2D eigenvalue weighted by molar-refractivity contribution is -0.169. The summed E-state index contributed by atoms with van der Waals surface area (Å²) in [5.41, 5.74) is 5.01. The van der Waals surface area contributed by atoms with Crippen LogP contribution in [0.2, 0.25) is 0 Å². The minimum Gasteiger partial charge on any atom is -0.438 e. The van der Waals surface area contributed by atoms with Crippen LogP contribution in [0.1, 0.15) is 32.3 Å². The monoisotopic (exact) mass is 595 g/mol. The van der Waals surface area contributed by atoms with Crippen molar-refractivity contribution >= 4 is 48.4 Å². The van der Waals surface area contributed by atoms with Crippen LogP contribution in [0.15, 0.2) is 23.1 Å². The molecule has 2 fully saturated rings. The lowest BCUT2D eigenvalue weighted by Crippen LogP contribution is -2.35. The Morgan fingerprint density at radius 3 is 2.18 bits per heavy atom. The number of thioether (sulfide) groups is 1.